The summed E-state index contributed by atoms with van der Waals surface area (Å²) >= 11 is 0. The van der Waals surface area contributed by atoms with E-state index in [4.69, 9.17) is 4.84 Å². The maximum absolute atomic E-state index is 13.7. The minimum atomic E-state index is -4.66. The Balaban J connectivity index is 2.07. The number of aryl methyl sites for hydroxylation is 3. The van der Waals surface area contributed by atoms with Crippen LogP contribution < -0.4 is 16.1 Å². The largest absolute Gasteiger partial charge is 0.419 e. The normalized spacial score (nSPS) is 11.4. The molecule has 0 aliphatic carbocycles. The highest BCUT2D eigenvalue weighted by molar-refractivity contribution is 6.01. The summed E-state index contributed by atoms with van der Waals surface area (Å²) in [6, 6.07) is 7.97. The number of anilines is 4. The van der Waals surface area contributed by atoms with Crippen LogP contribution in [0.3, 0.4) is 0 Å². The van der Waals surface area contributed by atoms with Crippen LogP contribution in [0.1, 0.15) is 40.5 Å². The molecule has 0 spiro atoms. The van der Waals surface area contributed by atoms with Crippen LogP contribution in [-0.4, -0.2) is 27.8 Å². The van der Waals surface area contributed by atoms with Crippen molar-refractivity contribution < 1.29 is 22.8 Å². The number of hydroxylamine groups is 1. The molecule has 0 saturated carbocycles. The summed E-state index contributed by atoms with van der Waals surface area (Å²) in [4.78, 5) is 21.3. The van der Waals surface area contributed by atoms with E-state index in [0.717, 1.165) is 18.3 Å². The van der Waals surface area contributed by atoms with E-state index in [1.807, 2.05) is 6.92 Å². The van der Waals surface area contributed by atoms with Crippen LogP contribution in [-0.2, 0) is 24.5 Å². The molecule has 33 heavy (non-hydrogen) atoms. The van der Waals surface area contributed by atoms with Crippen molar-refractivity contribution in [2.45, 2.75) is 32.9 Å². The van der Waals surface area contributed by atoms with E-state index in [9.17, 15) is 18.0 Å². The number of rotatable bonds is 8. The van der Waals surface area contributed by atoms with Crippen LogP contribution in [0.15, 0.2) is 36.5 Å². The molecule has 0 fully saturated rings. The second-order valence-corrected chi connectivity index (χ2v) is 7.38. The number of aromatic nitrogens is 3. The average molecular weight is 462 g/mol. The van der Waals surface area contributed by atoms with Crippen LogP contribution in [0.25, 0.3) is 0 Å². The Morgan fingerprint density at radius 3 is 2.55 bits per heavy atom. The van der Waals surface area contributed by atoms with E-state index in [1.165, 1.54) is 13.2 Å². The van der Waals surface area contributed by atoms with Crippen molar-refractivity contribution in [3.8, 4) is 0 Å². The lowest BCUT2D eigenvalue weighted by molar-refractivity contribution is -0.137. The highest BCUT2D eigenvalue weighted by Gasteiger charge is 2.35. The van der Waals surface area contributed by atoms with Crippen molar-refractivity contribution in [1.29, 1.82) is 0 Å². The average Bonchev–Trinajstić information content (AvgIpc) is 3.04. The summed E-state index contributed by atoms with van der Waals surface area (Å²) < 4.78 is 42.8. The fourth-order valence-electron chi connectivity index (χ4n) is 3.45. The molecule has 1 amide bonds. The molecule has 0 bridgehead atoms. The molecule has 0 unspecified atom stereocenters. The Kier molecular flexibility index (Phi) is 7.22. The predicted octanol–water partition coefficient (Wildman–Crippen LogP) is 4.87. The number of hydrogen-bond acceptors (Lipinski definition) is 6. The molecule has 0 aliphatic rings. The molecule has 0 aliphatic heterocycles. The van der Waals surface area contributed by atoms with Gasteiger partial charge < -0.3 is 10.6 Å². The van der Waals surface area contributed by atoms with E-state index < -0.39 is 17.6 Å². The molecule has 0 atom stereocenters. The molecule has 176 valence electrons. The van der Waals surface area contributed by atoms with Crippen LogP contribution in [0.5, 0.6) is 0 Å². The zero-order valence-electron chi connectivity index (χ0n) is 18.7. The van der Waals surface area contributed by atoms with E-state index in [2.05, 4.69) is 26.2 Å². The van der Waals surface area contributed by atoms with Crippen molar-refractivity contribution >= 4 is 28.9 Å². The van der Waals surface area contributed by atoms with Crippen molar-refractivity contribution in [2.75, 3.05) is 17.7 Å². The van der Waals surface area contributed by atoms with Crippen molar-refractivity contribution in [3.63, 3.8) is 0 Å². The van der Waals surface area contributed by atoms with Gasteiger partial charge in [-0.25, -0.2) is 10.5 Å². The fourth-order valence-corrected chi connectivity index (χ4v) is 3.45. The summed E-state index contributed by atoms with van der Waals surface area (Å²) in [7, 11) is 2.99. The molecule has 0 saturated heterocycles. The second kappa shape index (κ2) is 9.90. The number of nitrogens with zero attached hydrogens (tertiary/aromatic N) is 3. The molecular weight excluding hydrogens is 437 g/mol. The van der Waals surface area contributed by atoms with Gasteiger partial charge in [0.1, 0.15) is 11.6 Å². The van der Waals surface area contributed by atoms with Gasteiger partial charge in [-0.2, -0.15) is 18.3 Å². The first-order valence-electron chi connectivity index (χ1n) is 10.2. The van der Waals surface area contributed by atoms with Gasteiger partial charge in [-0.3, -0.25) is 14.3 Å². The summed E-state index contributed by atoms with van der Waals surface area (Å²) in [5.74, 6) is 0.187. The van der Waals surface area contributed by atoms with Gasteiger partial charge in [-0.1, -0.05) is 25.5 Å². The van der Waals surface area contributed by atoms with E-state index in [1.54, 1.807) is 42.9 Å². The third-order valence-electron chi connectivity index (χ3n) is 4.83. The Morgan fingerprint density at radius 1 is 1.18 bits per heavy atom. The van der Waals surface area contributed by atoms with Crippen molar-refractivity contribution in [1.82, 2.24) is 20.2 Å². The maximum Gasteiger partial charge on any atom is 0.419 e. The number of nitrogens with one attached hydrogen (secondary N) is 3. The molecule has 3 N–H and O–H groups in total. The fraction of sp³-hybridized carbons (Fsp3) is 0.318. The lowest BCUT2D eigenvalue weighted by Gasteiger charge is -2.19. The minimum Gasteiger partial charge on any atom is -0.354 e. The Bertz CT molecular complexity index is 1140. The monoisotopic (exact) mass is 462 g/mol. The minimum absolute atomic E-state index is 0.182. The zero-order chi connectivity index (χ0) is 24.2. The number of benzene rings is 1. The standard InChI is InChI=1S/C22H25F3N6O2/c1-5-7-14-8-6-9-16(20(14)21(32)30-33-4)27-17-11-18(26-12-15(17)22(23,24)25)28-19-10-13(2)29-31(19)3/h6,8-12H,5,7H2,1-4H3,(H,30,32)(H2,26,27,28). The Labute approximate surface area is 189 Å². The quantitative estimate of drug-likeness (QED) is 0.414. The van der Waals surface area contributed by atoms with Crippen LogP contribution in [0.2, 0.25) is 0 Å². The number of pyridine rings is 1. The van der Waals surface area contributed by atoms with Gasteiger partial charge in [-0.15, -0.1) is 0 Å². The van der Waals surface area contributed by atoms with E-state index in [0.29, 0.717) is 17.8 Å². The number of alkyl halides is 3. The third-order valence-corrected chi connectivity index (χ3v) is 4.83. The first-order chi connectivity index (χ1) is 15.6. The lowest BCUT2D eigenvalue weighted by atomic mass is 10.00. The maximum atomic E-state index is 13.7. The van der Waals surface area contributed by atoms with Gasteiger partial charge in [0.15, 0.2) is 0 Å². The summed E-state index contributed by atoms with van der Waals surface area (Å²) in [5, 5.41) is 9.97. The van der Waals surface area contributed by atoms with E-state index in [-0.39, 0.29) is 22.8 Å². The highest BCUT2D eigenvalue weighted by atomic mass is 19.4. The summed E-state index contributed by atoms with van der Waals surface area (Å²) in [5.41, 5.74) is 2.89. The Hall–Kier alpha value is -3.60. The van der Waals surface area contributed by atoms with Crippen LogP contribution in [0.4, 0.5) is 36.2 Å². The molecular formula is C22H25F3N6O2. The summed E-state index contributed by atoms with van der Waals surface area (Å²) in [6.45, 7) is 3.75. The molecule has 3 aromatic rings. The molecule has 8 nitrogen and oxygen atoms in total. The highest BCUT2D eigenvalue weighted by Crippen LogP contribution is 2.38. The second-order valence-electron chi connectivity index (χ2n) is 7.38. The van der Waals surface area contributed by atoms with Crippen LogP contribution in [0, 0.1) is 6.92 Å². The molecule has 1 aromatic carbocycles. The van der Waals surface area contributed by atoms with Gasteiger partial charge in [0.25, 0.3) is 5.91 Å². The SMILES string of the molecule is CCCc1cccc(Nc2cc(Nc3cc(C)nn3C)ncc2C(F)(F)F)c1C(=O)NOC. The number of carbonyl (C=O) groups is 1. The van der Waals surface area contributed by atoms with Gasteiger partial charge in [0, 0.05) is 25.4 Å². The predicted molar refractivity (Wildman–Crippen MR) is 119 cm³/mol. The number of hydrogen-bond donors (Lipinski definition) is 3. The van der Waals surface area contributed by atoms with Crippen molar-refractivity contribution in [2.24, 2.45) is 7.05 Å². The molecule has 2 heterocycles. The van der Waals surface area contributed by atoms with Gasteiger partial charge in [-0.05, 0) is 25.0 Å². The molecule has 2 aromatic heterocycles. The number of halogens is 3. The van der Waals surface area contributed by atoms with Gasteiger partial charge in [0.05, 0.1) is 35.3 Å². The summed E-state index contributed by atoms with van der Waals surface area (Å²) in [6.07, 6.45) is -2.60. The van der Waals surface area contributed by atoms with Gasteiger partial charge >= 0.3 is 6.18 Å². The Morgan fingerprint density at radius 2 is 1.94 bits per heavy atom. The zero-order valence-corrected chi connectivity index (χ0v) is 18.7. The van der Waals surface area contributed by atoms with Crippen LogP contribution >= 0.6 is 0 Å². The smallest absolute Gasteiger partial charge is 0.354 e. The third kappa shape index (κ3) is 5.61. The number of amides is 1. The molecule has 3 rings (SSSR count). The van der Waals surface area contributed by atoms with Crippen molar-refractivity contribution in [3.05, 3.63) is 58.9 Å². The van der Waals surface area contributed by atoms with Gasteiger partial charge in [0.2, 0.25) is 0 Å². The van der Waals surface area contributed by atoms with E-state index >= 15 is 0 Å². The molecule has 11 heteroatoms. The first-order valence-corrected chi connectivity index (χ1v) is 10.2. The first kappa shape index (κ1) is 24.1. The molecule has 0 radical (unpaired) electrons. The lowest BCUT2D eigenvalue weighted by Crippen LogP contribution is -2.24. The number of carbonyl (C=O) groups excluding carboxylic acids is 1. The topological polar surface area (TPSA) is 93.1 Å².